The molecular formula is C26H22N6O4. The van der Waals surface area contributed by atoms with Gasteiger partial charge < -0.3 is 10.1 Å². The van der Waals surface area contributed by atoms with E-state index in [2.05, 4.69) is 20.5 Å². The molecule has 3 amide bonds. The number of ether oxygens (including phenoxy) is 1. The number of aryl methyl sites for hydroxylation is 1. The van der Waals surface area contributed by atoms with E-state index in [-0.39, 0.29) is 30.7 Å². The molecule has 0 bridgehead atoms. The number of carbonyl (C=O) groups excluding carboxylic acids is 3. The molecule has 3 heterocycles. The van der Waals surface area contributed by atoms with Crippen molar-refractivity contribution in [2.24, 2.45) is 0 Å². The largest absolute Gasteiger partial charge is 0.438 e. The van der Waals surface area contributed by atoms with Gasteiger partial charge in [-0.3, -0.25) is 23.9 Å². The Kier molecular flexibility index (Phi) is 6.23. The summed E-state index contributed by atoms with van der Waals surface area (Å²) >= 11 is 0. The Bertz CT molecular complexity index is 1390. The summed E-state index contributed by atoms with van der Waals surface area (Å²) < 4.78 is 7.54. The lowest BCUT2D eigenvalue weighted by molar-refractivity contribution is -0.116. The van der Waals surface area contributed by atoms with Crippen molar-refractivity contribution in [3.63, 3.8) is 0 Å². The van der Waals surface area contributed by atoms with Gasteiger partial charge in [0, 0.05) is 37.1 Å². The van der Waals surface area contributed by atoms with Crippen LogP contribution < -0.4 is 10.1 Å². The minimum atomic E-state index is -0.317. The molecule has 0 atom stereocenters. The first kappa shape index (κ1) is 22.9. The summed E-state index contributed by atoms with van der Waals surface area (Å²) in [6.45, 7) is 2.06. The Morgan fingerprint density at radius 3 is 2.28 bits per heavy atom. The van der Waals surface area contributed by atoms with Crippen molar-refractivity contribution in [3.8, 4) is 17.4 Å². The molecule has 0 unspecified atom stereocenters. The van der Waals surface area contributed by atoms with Crippen molar-refractivity contribution >= 4 is 23.4 Å². The van der Waals surface area contributed by atoms with E-state index in [4.69, 9.17) is 4.74 Å². The Hall–Kier alpha value is -4.86. The summed E-state index contributed by atoms with van der Waals surface area (Å²) in [5.74, 6) is 1.47. The molecule has 180 valence electrons. The summed E-state index contributed by atoms with van der Waals surface area (Å²) in [5.41, 5.74) is 1.42. The lowest BCUT2D eigenvalue weighted by Gasteiger charge is -2.13. The number of hydrogen-bond acceptors (Lipinski definition) is 7. The van der Waals surface area contributed by atoms with E-state index >= 15 is 0 Å². The summed E-state index contributed by atoms with van der Waals surface area (Å²) in [6.07, 6.45) is 4.03. The second kappa shape index (κ2) is 9.79. The molecule has 1 aliphatic rings. The Morgan fingerprint density at radius 1 is 0.944 bits per heavy atom. The van der Waals surface area contributed by atoms with E-state index in [1.165, 1.54) is 4.90 Å². The predicted octanol–water partition coefficient (Wildman–Crippen LogP) is 3.78. The zero-order valence-electron chi connectivity index (χ0n) is 19.4. The molecular weight excluding hydrogens is 460 g/mol. The van der Waals surface area contributed by atoms with Crippen LogP contribution in [0, 0.1) is 6.92 Å². The van der Waals surface area contributed by atoms with E-state index in [1.54, 1.807) is 73.1 Å². The summed E-state index contributed by atoms with van der Waals surface area (Å²) in [7, 11) is 0. The second-order valence-electron chi connectivity index (χ2n) is 8.16. The maximum atomic E-state index is 12.4. The lowest BCUT2D eigenvalue weighted by Crippen LogP contribution is -2.31. The van der Waals surface area contributed by atoms with E-state index in [9.17, 15) is 14.4 Å². The topological polar surface area (TPSA) is 119 Å². The van der Waals surface area contributed by atoms with Crippen molar-refractivity contribution in [3.05, 3.63) is 90.0 Å². The fourth-order valence-electron chi connectivity index (χ4n) is 3.91. The minimum absolute atomic E-state index is 0.171. The van der Waals surface area contributed by atoms with Gasteiger partial charge in [-0.2, -0.15) is 0 Å². The van der Waals surface area contributed by atoms with Crippen molar-refractivity contribution in [1.29, 1.82) is 0 Å². The van der Waals surface area contributed by atoms with Gasteiger partial charge in [0.25, 0.3) is 11.8 Å². The molecule has 5 rings (SSSR count). The molecule has 0 aliphatic carbocycles. The second-order valence-corrected chi connectivity index (χ2v) is 8.16. The van der Waals surface area contributed by atoms with Crippen LogP contribution in [0.25, 0.3) is 5.82 Å². The minimum Gasteiger partial charge on any atom is -0.438 e. The van der Waals surface area contributed by atoms with Crippen molar-refractivity contribution < 1.29 is 19.1 Å². The number of benzene rings is 2. The van der Waals surface area contributed by atoms with Crippen LogP contribution in [0.5, 0.6) is 11.6 Å². The van der Waals surface area contributed by atoms with E-state index < -0.39 is 0 Å². The van der Waals surface area contributed by atoms with Gasteiger partial charge in [-0.15, -0.1) is 10.2 Å². The molecule has 1 aliphatic heterocycles. The number of amides is 3. The van der Waals surface area contributed by atoms with Gasteiger partial charge in [-0.25, -0.2) is 4.98 Å². The molecule has 2 aromatic heterocycles. The molecule has 0 saturated heterocycles. The fourth-order valence-corrected chi connectivity index (χ4v) is 3.91. The van der Waals surface area contributed by atoms with Crippen LogP contribution in [0.3, 0.4) is 0 Å². The summed E-state index contributed by atoms with van der Waals surface area (Å²) in [6, 6.07) is 17.1. The molecule has 2 aromatic carbocycles. The van der Waals surface area contributed by atoms with E-state index in [1.807, 2.05) is 11.5 Å². The number of rotatable bonds is 8. The van der Waals surface area contributed by atoms with Crippen LogP contribution in [-0.4, -0.2) is 48.9 Å². The summed E-state index contributed by atoms with van der Waals surface area (Å²) in [5, 5.41) is 11.1. The van der Waals surface area contributed by atoms with Crippen LogP contribution in [-0.2, 0) is 4.79 Å². The Morgan fingerprint density at radius 2 is 1.67 bits per heavy atom. The first-order valence-electron chi connectivity index (χ1n) is 11.4. The van der Waals surface area contributed by atoms with Gasteiger partial charge in [-0.05, 0) is 55.8 Å². The highest BCUT2D eigenvalue weighted by Crippen LogP contribution is 2.24. The highest BCUT2D eigenvalue weighted by atomic mass is 16.5. The quantitative estimate of drug-likeness (QED) is 0.380. The van der Waals surface area contributed by atoms with Crippen LogP contribution >= 0.6 is 0 Å². The van der Waals surface area contributed by atoms with Gasteiger partial charge in [0.05, 0.1) is 11.1 Å². The monoisotopic (exact) mass is 482 g/mol. The standard InChI is InChI=1S/C26H22N6O4/c1-17-27-14-16-31(17)22-12-13-24(30-29-22)36-19-10-8-18(9-11-19)28-23(33)7-4-15-32-25(34)20-5-2-3-6-21(20)26(32)35/h2-3,5-6,8-14,16H,4,7,15H2,1H3,(H,28,33). The number of anilines is 1. The number of fused-ring (bicyclic) bond motifs is 1. The van der Waals surface area contributed by atoms with Crippen LogP contribution in [0.4, 0.5) is 5.69 Å². The fraction of sp³-hybridized carbons (Fsp3) is 0.154. The van der Waals surface area contributed by atoms with Gasteiger partial charge >= 0.3 is 0 Å². The van der Waals surface area contributed by atoms with E-state index in [0.29, 0.717) is 40.7 Å². The maximum absolute atomic E-state index is 12.4. The van der Waals surface area contributed by atoms with Crippen molar-refractivity contribution in [2.75, 3.05) is 11.9 Å². The zero-order chi connectivity index (χ0) is 25.1. The summed E-state index contributed by atoms with van der Waals surface area (Å²) in [4.78, 5) is 42.5. The molecule has 36 heavy (non-hydrogen) atoms. The SMILES string of the molecule is Cc1nccn1-c1ccc(Oc2ccc(NC(=O)CCCN3C(=O)c4ccccc4C3=O)cc2)nn1. The van der Waals surface area contributed by atoms with Gasteiger partial charge in [0.2, 0.25) is 11.8 Å². The first-order valence-corrected chi connectivity index (χ1v) is 11.4. The van der Waals surface area contributed by atoms with Crippen molar-refractivity contribution in [2.45, 2.75) is 19.8 Å². The number of imide groups is 1. The van der Waals surface area contributed by atoms with Crippen molar-refractivity contribution in [1.82, 2.24) is 24.6 Å². The molecule has 4 aromatic rings. The number of nitrogens with zero attached hydrogens (tertiary/aromatic N) is 5. The third kappa shape index (κ3) is 4.69. The average molecular weight is 483 g/mol. The van der Waals surface area contributed by atoms with Gasteiger partial charge in [0.1, 0.15) is 11.6 Å². The number of carbonyl (C=O) groups is 3. The third-order valence-electron chi connectivity index (χ3n) is 5.72. The lowest BCUT2D eigenvalue weighted by atomic mass is 10.1. The highest BCUT2D eigenvalue weighted by Gasteiger charge is 2.34. The Labute approximate surface area is 206 Å². The third-order valence-corrected chi connectivity index (χ3v) is 5.72. The molecule has 0 saturated carbocycles. The van der Waals surface area contributed by atoms with Crippen LogP contribution in [0.2, 0.25) is 0 Å². The number of imidazole rings is 1. The molecule has 0 spiro atoms. The normalized spacial score (nSPS) is 12.5. The Balaban J connectivity index is 1.10. The van der Waals surface area contributed by atoms with Gasteiger partial charge in [0.15, 0.2) is 5.82 Å². The van der Waals surface area contributed by atoms with E-state index in [0.717, 1.165) is 5.82 Å². The van der Waals surface area contributed by atoms with Gasteiger partial charge in [-0.1, -0.05) is 12.1 Å². The smallest absolute Gasteiger partial charge is 0.261 e. The van der Waals surface area contributed by atoms with Crippen LogP contribution in [0.1, 0.15) is 39.4 Å². The number of aromatic nitrogens is 4. The highest BCUT2D eigenvalue weighted by molar-refractivity contribution is 6.21. The molecule has 10 heteroatoms. The molecule has 1 N–H and O–H groups in total. The maximum Gasteiger partial charge on any atom is 0.261 e. The first-order chi connectivity index (χ1) is 17.5. The average Bonchev–Trinajstić information content (AvgIpc) is 3.42. The molecule has 10 nitrogen and oxygen atoms in total. The predicted molar refractivity (Wildman–Crippen MR) is 130 cm³/mol. The van der Waals surface area contributed by atoms with Crippen LogP contribution in [0.15, 0.2) is 73.1 Å². The molecule has 0 radical (unpaired) electrons. The number of hydrogen-bond donors (Lipinski definition) is 1. The zero-order valence-corrected chi connectivity index (χ0v) is 19.4. The number of nitrogens with one attached hydrogen (secondary N) is 1. The molecule has 0 fully saturated rings.